The maximum absolute atomic E-state index is 11.1. The largest absolute Gasteiger partial charge is 0.323 e. The quantitative estimate of drug-likeness (QED) is 0.590. The molecule has 3 rings (SSSR count). The summed E-state index contributed by atoms with van der Waals surface area (Å²) in [7, 11) is 3.75. The van der Waals surface area contributed by atoms with E-state index in [4.69, 9.17) is 17.0 Å². The summed E-state index contributed by atoms with van der Waals surface area (Å²) in [6.45, 7) is 2.31. The lowest BCUT2D eigenvalue weighted by molar-refractivity contribution is 0.000875. The molecule has 0 amide bonds. The Balaban J connectivity index is 0.000000545. The highest BCUT2D eigenvalue weighted by atomic mass is 35.5. The SMILES string of the molecule is CNC.N=Cc1c(CC2CC3(CNC3)C2)ccc(Cl)c1C=O. The lowest BCUT2D eigenvalue weighted by Crippen LogP contribution is -2.60. The number of aldehydes is 1. The first-order chi connectivity index (χ1) is 10.6. The highest BCUT2D eigenvalue weighted by molar-refractivity contribution is 6.33. The molecule has 0 bridgehead atoms. The van der Waals surface area contributed by atoms with Crippen LogP contribution in [0.15, 0.2) is 12.1 Å². The van der Waals surface area contributed by atoms with E-state index in [0.29, 0.717) is 27.5 Å². The molecule has 1 aromatic rings. The van der Waals surface area contributed by atoms with Gasteiger partial charge in [0.2, 0.25) is 0 Å². The van der Waals surface area contributed by atoms with Crippen molar-refractivity contribution in [1.29, 1.82) is 5.41 Å². The van der Waals surface area contributed by atoms with Gasteiger partial charge >= 0.3 is 0 Å². The first-order valence-corrected chi connectivity index (χ1v) is 8.03. The van der Waals surface area contributed by atoms with E-state index < -0.39 is 0 Å². The van der Waals surface area contributed by atoms with E-state index in [9.17, 15) is 4.79 Å². The zero-order valence-electron chi connectivity index (χ0n) is 13.2. The van der Waals surface area contributed by atoms with Crippen LogP contribution in [0.5, 0.6) is 0 Å². The Morgan fingerprint density at radius 3 is 2.45 bits per heavy atom. The third-order valence-corrected chi connectivity index (χ3v) is 4.87. The molecule has 1 aromatic carbocycles. The van der Waals surface area contributed by atoms with Gasteiger partial charge in [-0.2, -0.15) is 0 Å². The normalized spacial score (nSPS) is 18.7. The van der Waals surface area contributed by atoms with E-state index in [1.807, 2.05) is 20.2 Å². The highest BCUT2D eigenvalue weighted by Crippen LogP contribution is 2.49. The summed E-state index contributed by atoms with van der Waals surface area (Å²) < 4.78 is 0. The molecule has 1 spiro atoms. The molecule has 0 unspecified atom stereocenters. The van der Waals surface area contributed by atoms with Gasteiger partial charge in [-0.25, -0.2) is 0 Å². The molecule has 1 saturated heterocycles. The fourth-order valence-electron chi connectivity index (χ4n) is 3.51. The number of halogens is 1. The number of rotatable bonds is 4. The number of carbonyl (C=O) groups is 1. The molecule has 3 N–H and O–H groups in total. The van der Waals surface area contributed by atoms with E-state index in [2.05, 4.69) is 10.6 Å². The number of hydrogen-bond donors (Lipinski definition) is 3. The smallest absolute Gasteiger partial charge is 0.152 e. The molecule has 0 aromatic heterocycles. The van der Waals surface area contributed by atoms with Crippen LogP contribution in [0.1, 0.15) is 34.3 Å². The average Bonchev–Trinajstić information content (AvgIpc) is 2.42. The van der Waals surface area contributed by atoms with Gasteiger partial charge in [-0.15, -0.1) is 0 Å². The number of carbonyl (C=O) groups excluding carboxylic acids is 1. The molecule has 1 saturated carbocycles. The molecule has 4 nitrogen and oxygen atoms in total. The Hall–Kier alpha value is -1.23. The van der Waals surface area contributed by atoms with Gasteiger partial charge < -0.3 is 16.0 Å². The number of benzene rings is 1. The van der Waals surface area contributed by atoms with Crippen LogP contribution < -0.4 is 10.6 Å². The Labute approximate surface area is 137 Å². The Morgan fingerprint density at radius 1 is 1.36 bits per heavy atom. The first-order valence-electron chi connectivity index (χ1n) is 7.65. The minimum absolute atomic E-state index is 0.436. The van der Waals surface area contributed by atoms with Gasteiger partial charge in [-0.1, -0.05) is 17.7 Å². The molecule has 1 heterocycles. The summed E-state index contributed by atoms with van der Waals surface area (Å²) in [5.74, 6) is 0.682. The second kappa shape index (κ2) is 7.36. The zero-order chi connectivity index (χ0) is 16.2. The lowest BCUT2D eigenvalue weighted by Gasteiger charge is -2.54. The van der Waals surface area contributed by atoms with Crippen LogP contribution in [-0.2, 0) is 6.42 Å². The van der Waals surface area contributed by atoms with Crippen molar-refractivity contribution in [2.45, 2.75) is 19.3 Å². The monoisotopic (exact) mass is 321 g/mol. The van der Waals surface area contributed by atoms with Crippen LogP contribution in [0.25, 0.3) is 0 Å². The van der Waals surface area contributed by atoms with Gasteiger partial charge in [0.05, 0.1) is 5.02 Å². The third kappa shape index (κ3) is 3.40. The minimum atomic E-state index is 0.436. The Bertz CT molecular complexity index is 547. The zero-order valence-corrected chi connectivity index (χ0v) is 14.0. The molecule has 1 aliphatic carbocycles. The Morgan fingerprint density at radius 2 is 2.00 bits per heavy atom. The molecule has 120 valence electrons. The minimum Gasteiger partial charge on any atom is -0.323 e. The third-order valence-electron chi connectivity index (χ3n) is 4.54. The predicted octanol–water partition coefficient (Wildman–Crippen LogP) is 2.53. The summed E-state index contributed by atoms with van der Waals surface area (Å²) >= 11 is 6.00. The van der Waals surface area contributed by atoms with Gasteiger partial charge in [0.15, 0.2) is 6.29 Å². The van der Waals surface area contributed by atoms with Crippen molar-refractivity contribution in [3.8, 4) is 0 Å². The van der Waals surface area contributed by atoms with Crippen molar-refractivity contribution in [3.63, 3.8) is 0 Å². The molecule has 2 aliphatic rings. The van der Waals surface area contributed by atoms with Crippen molar-refractivity contribution < 1.29 is 4.79 Å². The fraction of sp³-hybridized carbons (Fsp3) is 0.529. The van der Waals surface area contributed by atoms with Crippen LogP contribution in [0.2, 0.25) is 5.02 Å². The molecule has 2 fully saturated rings. The van der Waals surface area contributed by atoms with Crippen LogP contribution >= 0.6 is 11.6 Å². The summed E-state index contributed by atoms with van der Waals surface area (Å²) in [4.78, 5) is 11.1. The second-order valence-electron chi connectivity index (χ2n) is 6.38. The average molecular weight is 322 g/mol. The van der Waals surface area contributed by atoms with Crippen molar-refractivity contribution in [2.24, 2.45) is 11.3 Å². The summed E-state index contributed by atoms with van der Waals surface area (Å²) in [5.41, 5.74) is 2.78. The number of hydrogen-bond acceptors (Lipinski definition) is 4. The summed E-state index contributed by atoms with van der Waals surface area (Å²) in [6.07, 6.45) is 5.48. The summed E-state index contributed by atoms with van der Waals surface area (Å²) in [6, 6.07) is 3.73. The molecule has 22 heavy (non-hydrogen) atoms. The van der Waals surface area contributed by atoms with Crippen molar-refractivity contribution in [1.82, 2.24) is 10.6 Å². The molecule has 0 radical (unpaired) electrons. The van der Waals surface area contributed by atoms with Gasteiger partial charge in [0.1, 0.15) is 0 Å². The van der Waals surface area contributed by atoms with E-state index in [-0.39, 0.29) is 0 Å². The summed E-state index contributed by atoms with van der Waals surface area (Å²) in [5, 5.41) is 14.0. The maximum Gasteiger partial charge on any atom is 0.152 e. The molecular formula is C17H24ClN3O. The number of nitrogens with one attached hydrogen (secondary N) is 3. The van der Waals surface area contributed by atoms with Gasteiger partial charge in [0.25, 0.3) is 0 Å². The van der Waals surface area contributed by atoms with Crippen LogP contribution in [0, 0.1) is 16.7 Å². The Kier molecular flexibility index (Phi) is 5.73. The first kappa shape index (κ1) is 17.1. The van der Waals surface area contributed by atoms with Crippen molar-refractivity contribution in [3.05, 3.63) is 33.8 Å². The lowest BCUT2D eigenvalue weighted by atomic mass is 9.57. The van der Waals surface area contributed by atoms with Crippen molar-refractivity contribution >= 4 is 24.1 Å². The van der Waals surface area contributed by atoms with E-state index >= 15 is 0 Å². The molecular weight excluding hydrogens is 298 g/mol. The second-order valence-corrected chi connectivity index (χ2v) is 6.79. The van der Waals surface area contributed by atoms with Crippen LogP contribution in [0.3, 0.4) is 0 Å². The standard InChI is InChI=1S/C15H17ClN2O.C2H7N/c16-14-2-1-11(12(6-17)13(14)7-19)3-10-4-15(5-10)8-18-9-15;1-3-2/h1-2,6-7,10,17-18H,3-5,8-9H2;3H,1-2H3. The molecule has 0 atom stereocenters. The molecule has 1 aliphatic heterocycles. The topological polar surface area (TPSA) is 65.0 Å². The van der Waals surface area contributed by atoms with Crippen LogP contribution in [0.4, 0.5) is 0 Å². The highest BCUT2D eigenvalue weighted by Gasteiger charge is 2.47. The van der Waals surface area contributed by atoms with Crippen molar-refractivity contribution in [2.75, 3.05) is 27.2 Å². The van der Waals surface area contributed by atoms with E-state index in [0.717, 1.165) is 31.4 Å². The van der Waals surface area contributed by atoms with Gasteiger partial charge in [-0.05, 0) is 56.3 Å². The maximum atomic E-state index is 11.1. The van der Waals surface area contributed by atoms with Crippen LogP contribution in [-0.4, -0.2) is 39.7 Å². The van der Waals surface area contributed by atoms with Gasteiger partial charge in [0, 0.05) is 30.4 Å². The fourth-order valence-corrected chi connectivity index (χ4v) is 3.72. The van der Waals surface area contributed by atoms with E-state index in [1.54, 1.807) is 6.07 Å². The van der Waals surface area contributed by atoms with Gasteiger partial charge in [-0.3, -0.25) is 4.79 Å². The predicted molar refractivity (Wildman–Crippen MR) is 91.4 cm³/mol. The molecule has 5 heteroatoms. The van der Waals surface area contributed by atoms with E-state index in [1.165, 1.54) is 19.1 Å².